The summed E-state index contributed by atoms with van der Waals surface area (Å²) in [7, 11) is 2.15. The normalized spacial score (nSPS) is 9.88. The second-order valence-corrected chi connectivity index (χ2v) is 13.3. The number of phenols is 2. The molecule has 2 aromatic carbocycles. The average molecular weight is 715 g/mol. The molecule has 0 aliphatic heterocycles. The summed E-state index contributed by atoms with van der Waals surface area (Å²) in [6, 6.07) is 12.0. The van der Waals surface area contributed by atoms with Crippen molar-refractivity contribution in [3.05, 3.63) is 83.5 Å². The van der Waals surface area contributed by atoms with E-state index in [1.807, 2.05) is 52.5 Å². The van der Waals surface area contributed by atoms with Gasteiger partial charge >= 0.3 is 0 Å². The molecule has 2 aromatic rings. The van der Waals surface area contributed by atoms with Gasteiger partial charge < -0.3 is 24.7 Å². The van der Waals surface area contributed by atoms with Crippen molar-refractivity contribution in [1.29, 1.82) is 0 Å². The van der Waals surface area contributed by atoms with Crippen molar-refractivity contribution < 1.29 is 19.7 Å². The van der Waals surface area contributed by atoms with Crippen LogP contribution in [0.1, 0.15) is 144 Å². The summed E-state index contributed by atoms with van der Waals surface area (Å²) in [5, 5.41) is 18.1. The second-order valence-electron chi connectivity index (χ2n) is 13.3. The second kappa shape index (κ2) is 35.3. The monoisotopic (exact) mass is 715 g/mol. The van der Waals surface area contributed by atoms with Gasteiger partial charge in [0.1, 0.15) is 0 Å². The molecule has 0 aromatic heterocycles. The Morgan fingerprint density at radius 2 is 1.35 bits per heavy atom. The highest BCUT2D eigenvalue weighted by Gasteiger charge is 2.17. The van der Waals surface area contributed by atoms with Gasteiger partial charge in [-0.2, -0.15) is 0 Å². The molecule has 0 unspecified atom stereocenters. The topological polar surface area (TPSA) is 73.2 Å². The van der Waals surface area contributed by atoms with Crippen LogP contribution < -0.4 is 0 Å². The van der Waals surface area contributed by atoms with Gasteiger partial charge in [0.05, 0.1) is 0 Å². The number of aryl methyl sites for hydroxylation is 2. The first-order valence-corrected chi connectivity index (χ1v) is 19.5. The summed E-state index contributed by atoms with van der Waals surface area (Å²) in [5.74, 6) is -0.0163. The number of nitrogens with zero attached hydrogens (tertiary/aromatic N) is 2. The van der Waals surface area contributed by atoms with Crippen LogP contribution in [-0.2, 0) is 21.5 Å². The lowest BCUT2D eigenvalue weighted by Crippen LogP contribution is -2.37. The summed E-state index contributed by atoms with van der Waals surface area (Å²) in [5.41, 5.74) is 4.89. The van der Waals surface area contributed by atoms with E-state index in [1.54, 1.807) is 19.9 Å². The highest BCUT2D eigenvalue weighted by molar-refractivity contribution is 5.92. The maximum Gasteiger partial charge on any atom is 0.249 e. The number of allylic oxidation sites excluding steroid dienone is 1. The number of hydrogen-bond acceptors (Lipinski definition) is 5. The summed E-state index contributed by atoms with van der Waals surface area (Å²) in [4.78, 5) is 16.9. The fraction of sp³-hybridized carbons (Fsp3) is 0.622. The van der Waals surface area contributed by atoms with E-state index >= 15 is 0 Å². The van der Waals surface area contributed by atoms with E-state index < -0.39 is 0 Å². The first-order chi connectivity index (χ1) is 24.1. The van der Waals surface area contributed by atoms with Gasteiger partial charge in [-0.15, -0.1) is 6.58 Å². The zero-order valence-electron chi connectivity index (χ0n) is 36.0. The number of ether oxygens (including phenoxy) is 1. The minimum absolute atomic E-state index is 0.0226. The molecule has 0 aliphatic carbocycles. The Morgan fingerprint density at radius 3 is 1.76 bits per heavy atom. The lowest BCUT2D eigenvalue weighted by molar-refractivity contribution is -0.127. The van der Waals surface area contributed by atoms with E-state index in [9.17, 15) is 4.79 Å². The van der Waals surface area contributed by atoms with E-state index in [0.717, 1.165) is 51.3 Å². The van der Waals surface area contributed by atoms with Gasteiger partial charge in [0.15, 0.2) is 11.5 Å². The van der Waals surface area contributed by atoms with Crippen LogP contribution >= 0.6 is 0 Å². The number of likely N-dealkylation sites (N-methyl/N-ethyl adjacent to an activating group) is 1. The fourth-order valence-corrected chi connectivity index (χ4v) is 4.39. The molecule has 1 amide bonds. The number of benzene rings is 2. The Hall–Kier alpha value is -3.09. The number of rotatable bonds is 15. The number of amides is 1. The SMILES string of the molecule is C=C(C)C(=O)N(CCN(C)CCCCCC)Cc1ccc(C(C)(C)C)cc1.C=CC.CC.CC.CCCOCCC.Cc1cc(C)c(O)c(O)c1. The molecule has 0 aliphatic rings. The maximum atomic E-state index is 12.6. The van der Waals surface area contributed by atoms with Crippen molar-refractivity contribution in [2.45, 2.75) is 147 Å². The van der Waals surface area contributed by atoms with Crippen molar-refractivity contribution in [2.75, 3.05) is 39.9 Å². The van der Waals surface area contributed by atoms with Gasteiger partial charge in [0.25, 0.3) is 0 Å². The molecule has 0 saturated heterocycles. The molecule has 2 rings (SSSR count). The molecule has 6 heteroatoms. The number of unbranched alkanes of at least 4 members (excludes halogenated alkanes) is 3. The Bertz CT molecular complexity index is 1090. The van der Waals surface area contributed by atoms with Crippen LogP contribution in [0.4, 0.5) is 0 Å². The van der Waals surface area contributed by atoms with Gasteiger partial charge in [0, 0.05) is 38.4 Å². The Kier molecular flexibility index (Phi) is 37.9. The first-order valence-electron chi connectivity index (χ1n) is 19.5. The van der Waals surface area contributed by atoms with Crippen molar-refractivity contribution >= 4 is 5.91 Å². The zero-order chi connectivity index (χ0) is 40.4. The van der Waals surface area contributed by atoms with Gasteiger partial charge in [-0.05, 0) is 94.3 Å². The summed E-state index contributed by atoms with van der Waals surface area (Å²) >= 11 is 0. The third kappa shape index (κ3) is 30.3. The van der Waals surface area contributed by atoms with Gasteiger partial charge in [-0.25, -0.2) is 0 Å². The predicted octanol–water partition coefficient (Wildman–Crippen LogP) is 12.2. The number of carbonyl (C=O) groups excluding carboxylic acids is 1. The molecule has 0 heterocycles. The van der Waals surface area contributed by atoms with Crippen LogP contribution in [-0.4, -0.2) is 65.8 Å². The lowest BCUT2D eigenvalue weighted by atomic mass is 9.87. The summed E-state index contributed by atoms with van der Waals surface area (Å²) in [6.07, 6.45) is 9.11. The minimum atomic E-state index is -0.0440. The zero-order valence-corrected chi connectivity index (χ0v) is 36.0. The molecule has 296 valence electrons. The van der Waals surface area contributed by atoms with Gasteiger partial charge in [-0.1, -0.05) is 131 Å². The number of hydrogen-bond donors (Lipinski definition) is 2. The Morgan fingerprint density at radius 1 is 0.843 bits per heavy atom. The van der Waals surface area contributed by atoms with E-state index in [4.69, 9.17) is 14.9 Å². The van der Waals surface area contributed by atoms with Crippen LogP contribution in [0.5, 0.6) is 11.5 Å². The van der Waals surface area contributed by atoms with E-state index in [-0.39, 0.29) is 22.8 Å². The Labute approximate surface area is 317 Å². The molecule has 0 saturated carbocycles. The predicted molar refractivity (Wildman–Crippen MR) is 226 cm³/mol. The number of phenolic OH excluding ortho intramolecular Hbond substituents is 2. The standard InChI is InChI=1S/C24H40N2O.C8H10O2.C6H14O.C3H6.2C2H6/c1-8-9-10-11-16-25(7)17-18-26(23(27)20(2)3)19-21-12-14-22(15-13-21)24(4,5)6;1-5-3-6(2)8(10)7(9)4-5;1-3-5-7-6-4-2;1-3-2;2*1-2/h12-15H,2,8-11,16-19H2,1,3-7H3;3-4,9-10H,1-2H3;3-6H2,1-2H3;3H,1H2,2H3;2*1-2H3. The van der Waals surface area contributed by atoms with Crippen LogP contribution in [0.2, 0.25) is 0 Å². The van der Waals surface area contributed by atoms with Gasteiger partial charge in [0.2, 0.25) is 5.91 Å². The molecular formula is C45H82N2O4. The molecule has 0 spiro atoms. The average Bonchev–Trinajstić information content (AvgIpc) is 3.10. The first kappa shape index (κ1) is 54.7. The third-order valence-corrected chi connectivity index (χ3v) is 7.11. The molecule has 6 nitrogen and oxygen atoms in total. The molecule has 2 N–H and O–H groups in total. The van der Waals surface area contributed by atoms with Crippen LogP contribution in [0.3, 0.4) is 0 Å². The molecule has 0 radical (unpaired) electrons. The largest absolute Gasteiger partial charge is 0.504 e. The quantitative estimate of drug-likeness (QED) is 0.0831. The summed E-state index contributed by atoms with van der Waals surface area (Å²) < 4.78 is 5.13. The number of aromatic hydroxyl groups is 2. The highest BCUT2D eigenvalue weighted by atomic mass is 16.5. The maximum absolute atomic E-state index is 12.6. The third-order valence-electron chi connectivity index (χ3n) is 7.11. The minimum Gasteiger partial charge on any atom is -0.504 e. The van der Waals surface area contributed by atoms with E-state index in [2.05, 4.69) is 90.9 Å². The number of carbonyl (C=O) groups is 1. The van der Waals surface area contributed by atoms with E-state index in [1.165, 1.54) is 42.9 Å². The van der Waals surface area contributed by atoms with Crippen molar-refractivity contribution in [3.63, 3.8) is 0 Å². The van der Waals surface area contributed by atoms with Crippen LogP contribution in [0.25, 0.3) is 0 Å². The highest BCUT2D eigenvalue weighted by Crippen LogP contribution is 2.29. The Balaban J connectivity index is -0.000000373. The van der Waals surface area contributed by atoms with Crippen LogP contribution in [0.15, 0.2) is 61.2 Å². The smallest absolute Gasteiger partial charge is 0.249 e. The van der Waals surface area contributed by atoms with E-state index in [0.29, 0.717) is 17.7 Å². The molecular weight excluding hydrogens is 633 g/mol. The lowest BCUT2D eigenvalue weighted by Gasteiger charge is -2.26. The van der Waals surface area contributed by atoms with Gasteiger partial charge in [-0.3, -0.25) is 4.79 Å². The van der Waals surface area contributed by atoms with Crippen molar-refractivity contribution in [1.82, 2.24) is 9.80 Å². The molecule has 0 bridgehead atoms. The van der Waals surface area contributed by atoms with Crippen molar-refractivity contribution in [2.24, 2.45) is 0 Å². The fourth-order valence-electron chi connectivity index (χ4n) is 4.39. The molecule has 0 fully saturated rings. The molecule has 0 atom stereocenters. The summed E-state index contributed by atoms with van der Waals surface area (Å²) in [6.45, 7) is 40.9. The van der Waals surface area contributed by atoms with Crippen LogP contribution in [0, 0.1) is 13.8 Å². The van der Waals surface area contributed by atoms with Crippen molar-refractivity contribution in [3.8, 4) is 11.5 Å². The molecule has 51 heavy (non-hydrogen) atoms.